The van der Waals surface area contributed by atoms with E-state index in [1.807, 2.05) is 37.4 Å². The SMILES string of the molecule is CCCOc1cccc(C(=O)Nc2cc3c(cc2SC)OCCO3)c1. The highest BCUT2D eigenvalue weighted by Gasteiger charge is 2.17. The van der Waals surface area contributed by atoms with Crippen molar-refractivity contribution in [2.24, 2.45) is 0 Å². The quantitative estimate of drug-likeness (QED) is 0.783. The molecule has 0 saturated carbocycles. The standard InChI is InChI=1S/C19H21NO4S/c1-3-7-22-14-6-4-5-13(10-14)19(21)20-15-11-16-17(12-18(15)25-2)24-9-8-23-16/h4-6,10-12H,3,7-9H2,1-2H3,(H,20,21). The van der Waals surface area contributed by atoms with E-state index in [-0.39, 0.29) is 5.91 Å². The summed E-state index contributed by atoms with van der Waals surface area (Å²) in [5.74, 6) is 1.87. The Hall–Kier alpha value is -2.34. The van der Waals surface area contributed by atoms with Crippen molar-refractivity contribution < 1.29 is 19.0 Å². The number of carbonyl (C=O) groups excluding carboxylic acids is 1. The Morgan fingerprint density at radius 2 is 1.96 bits per heavy atom. The molecule has 0 saturated heterocycles. The van der Waals surface area contributed by atoms with E-state index in [1.54, 1.807) is 23.9 Å². The first-order valence-corrected chi connectivity index (χ1v) is 9.45. The van der Waals surface area contributed by atoms with Gasteiger partial charge in [0.25, 0.3) is 5.91 Å². The molecule has 0 unspecified atom stereocenters. The Labute approximate surface area is 151 Å². The molecule has 132 valence electrons. The van der Waals surface area contributed by atoms with Crippen LogP contribution >= 0.6 is 11.8 Å². The van der Waals surface area contributed by atoms with E-state index in [1.165, 1.54) is 0 Å². The molecule has 0 radical (unpaired) electrons. The molecular formula is C19H21NO4S. The van der Waals surface area contributed by atoms with Gasteiger partial charge in [0.2, 0.25) is 0 Å². The molecule has 0 atom stereocenters. The summed E-state index contributed by atoms with van der Waals surface area (Å²) >= 11 is 1.54. The van der Waals surface area contributed by atoms with Crippen molar-refractivity contribution in [3.8, 4) is 17.2 Å². The minimum Gasteiger partial charge on any atom is -0.494 e. The summed E-state index contributed by atoms with van der Waals surface area (Å²) in [6, 6.07) is 10.9. The van der Waals surface area contributed by atoms with Crippen LogP contribution in [0.3, 0.4) is 0 Å². The van der Waals surface area contributed by atoms with E-state index in [4.69, 9.17) is 14.2 Å². The molecule has 0 spiro atoms. The molecule has 2 aromatic rings. The Morgan fingerprint density at radius 3 is 2.68 bits per heavy atom. The van der Waals surface area contributed by atoms with E-state index >= 15 is 0 Å². The molecule has 1 N–H and O–H groups in total. The van der Waals surface area contributed by atoms with Gasteiger partial charge in [-0.3, -0.25) is 4.79 Å². The summed E-state index contributed by atoms with van der Waals surface area (Å²) in [5, 5.41) is 2.96. The predicted octanol–water partition coefficient (Wildman–Crippen LogP) is 4.22. The topological polar surface area (TPSA) is 56.8 Å². The van der Waals surface area contributed by atoms with Gasteiger partial charge in [0.1, 0.15) is 19.0 Å². The lowest BCUT2D eigenvalue weighted by molar-refractivity contribution is 0.102. The summed E-state index contributed by atoms with van der Waals surface area (Å²) in [7, 11) is 0. The van der Waals surface area contributed by atoms with Crippen LogP contribution < -0.4 is 19.5 Å². The molecule has 25 heavy (non-hydrogen) atoms. The van der Waals surface area contributed by atoms with Crippen LogP contribution in [0, 0.1) is 0 Å². The van der Waals surface area contributed by atoms with Crippen molar-refractivity contribution in [1.29, 1.82) is 0 Å². The fourth-order valence-corrected chi connectivity index (χ4v) is 3.03. The van der Waals surface area contributed by atoms with Gasteiger partial charge in [-0.1, -0.05) is 13.0 Å². The molecule has 1 aliphatic rings. The number of ether oxygens (including phenoxy) is 3. The van der Waals surface area contributed by atoms with Gasteiger partial charge in [-0.2, -0.15) is 0 Å². The van der Waals surface area contributed by atoms with E-state index in [9.17, 15) is 4.79 Å². The number of nitrogens with one attached hydrogen (secondary N) is 1. The third-order valence-electron chi connectivity index (χ3n) is 3.68. The smallest absolute Gasteiger partial charge is 0.255 e. The van der Waals surface area contributed by atoms with Gasteiger partial charge in [-0.15, -0.1) is 11.8 Å². The van der Waals surface area contributed by atoms with Crippen molar-refractivity contribution >= 4 is 23.4 Å². The molecule has 1 aliphatic heterocycles. The molecule has 5 nitrogen and oxygen atoms in total. The van der Waals surface area contributed by atoms with Gasteiger partial charge in [0, 0.05) is 16.5 Å². The number of fused-ring (bicyclic) bond motifs is 1. The van der Waals surface area contributed by atoms with E-state index in [2.05, 4.69) is 5.32 Å². The van der Waals surface area contributed by atoms with Gasteiger partial charge in [-0.25, -0.2) is 0 Å². The van der Waals surface area contributed by atoms with Crippen molar-refractivity contribution in [2.45, 2.75) is 18.2 Å². The first-order chi connectivity index (χ1) is 12.2. The number of benzene rings is 2. The fourth-order valence-electron chi connectivity index (χ4n) is 2.48. The third kappa shape index (κ3) is 4.20. The lowest BCUT2D eigenvalue weighted by atomic mass is 10.2. The Bertz CT molecular complexity index is 763. The molecule has 0 bridgehead atoms. The zero-order chi connectivity index (χ0) is 17.6. The Morgan fingerprint density at radius 1 is 1.20 bits per heavy atom. The molecule has 0 aliphatic carbocycles. The zero-order valence-electron chi connectivity index (χ0n) is 14.3. The normalized spacial score (nSPS) is 12.6. The predicted molar refractivity (Wildman–Crippen MR) is 99.4 cm³/mol. The van der Waals surface area contributed by atoms with Crippen LogP contribution in [0.1, 0.15) is 23.7 Å². The van der Waals surface area contributed by atoms with Crippen molar-refractivity contribution in [3.05, 3.63) is 42.0 Å². The number of hydrogen-bond donors (Lipinski definition) is 1. The Balaban J connectivity index is 1.80. The highest BCUT2D eigenvalue weighted by molar-refractivity contribution is 7.98. The highest BCUT2D eigenvalue weighted by Crippen LogP contribution is 2.39. The van der Waals surface area contributed by atoms with Crippen molar-refractivity contribution in [2.75, 3.05) is 31.4 Å². The summed E-state index contributed by atoms with van der Waals surface area (Å²) in [6.07, 6.45) is 2.88. The molecule has 2 aromatic carbocycles. The lowest BCUT2D eigenvalue weighted by Gasteiger charge is -2.21. The van der Waals surface area contributed by atoms with Crippen LogP contribution in [0.4, 0.5) is 5.69 Å². The number of hydrogen-bond acceptors (Lipinski definition) is 5. The van der Waals surface area contributed by atoms with Crippen molar-refractivity contribution in [1.82, 2.24) is 0 Å². The molecule has 1 amide bonds. The second-order valence-electron chi connectivity index (χ2n) is 5.53. The van der Waals surface area contributed by atoms with Crippen LogP contribution in [-0.4, -0.2) is 32.0 Å². The molecule has 1 heterocycles. The number of carbonyl (C=O) groups is 1. The average Bonchev–Trinajstić information content (AvgIpc) is 2.66. The van der Waals surface area contributed by atoms with Gasteiger partial charge in [-0.05, 0) is 36.9 Å². The van der Waals surface area contributed by atoms with Gasteiger partial charge < -0.3 is 19.5 Å². The monoisotopic (exact) mass is 359 g/mol. The van der Waals surface area contributed by atoms with E-state index in [0.717, 1.165) is 11.3 Å². The third-order valence-corrected chi connectivity index (χ3v) is 4.46. The van der Waals surface area contributed by atoms with E-state index in [0.29, 0.717) is 48.3 Å². The van der Waals surface area contributed by atoms with Gasteiger partial charge >= 0.3 is 0 Å². The molecule has 0 aromatic heterocycles. The second-order valence-corrected chi connectivity index (χ2v) is 6.37. The number of thioether (sulfide) groups is 1. The molecule has 6 heteroatoms. The maximum absolute atomic E-state index is 12.6. The summed E-state index contributed by atoms with van der Waals surface area (Å²) < 4.78 is 16.8. The van der Waals surface area contributed by atoms with Gasteiger partial charge in [0.15, 0.2) is 11.5 Å². The second kappa shape index (κ2) is 8.16. The van der Waals surface area contributed by atoms with Crippen LogP contribution in [0.15, 0.2) is 41.3 Å². The minimum atomic E-state index is -0.186. The zero-order valence-corrected chi connectivity index (χ0v) is 15.2. The number of rotatable bonds is 6. The van der Waals surface area contributed by atoms with E-state index < -0.39 is 0 Å². The molecular weight excluding hydrogens is 338 g/mol. The Kier molecular flexibility index (Phi) is 5.71. The lowest BCUT2D eigenvalue weighted by Crippen LogP contribution is -2.17. The first kappa shape index (κ1) is 17.5. The summed E-state index contributed by atoms with van der Waals surface area (Å²) in [5.41, 5.74) is 1.26. The maximum Gasteiger partial charge on any atom is 0.255 e. The van der Waals surface area contributed by atoms with Crippen LogP contribution in [0.5, 0.6) is 17.2 Å². The van der Waals surface area contributed by atoms with Crippen LogP contribution in [-0.2, 0) is 0 Å². The molecule has 3 rings (SSSR count). The highest BCUT2D eigenvalue weighted by atomic mass is 32.2. The summed E-state index contributed by atoms with van der Waals surface area (Å²) in [6.45, 7) is 3.72. The number of anilines is 1. The first-order valence-electron chi connectivity index (χ1n) is 8.23. The number of amides is 1. The van der Waals surface area contributed by atoms with Gasteiger partial charge in [0.05, 0.1) is 12.3 Å². The fraction of sp³-hybridized carbons (Fsp3) is 0.316. The van der Waals surface area contributed by atoms with Crippen LogP contribution in [0.25, 0.3) is 0 Å². The molecule has 0 fully saturated rings. The summed E-state index contributed by atoms with van der Waals surface area (Å²) in [4.78, 5) is 13.6. The van der Waals surface area contributed by atoms with Crippen LogP contribution in [0.2, 0.25) is 0 Å². The van der Waals surface area contributed by atoms with Crippen molar-refractivity contribution in [3.63, 3.8) is 0 Å². The minimum absolute atomic E-state index is 0.186. The maximum atomic E-state index is 12.6. The largest absolute Gasteiger partial charge is 0.494 e. The average molecular weight is 359 g/mol.